The first-order chi connectivity index (χ1) is 15.3. The second-order valence-corrected chi connectivity index (χ2v) is 8.78. The fourth-order valence-corrected chi connectivity index (χ4v) is 4.24. The van der Waals surface area contributed by atoms with Crippen molar-refractivity contribution >= 4 is 28.9 Å². The largest absolute Gasteiger partial charge is 0.355 e. The lowest BCUT2D eigenvalue weighted by Gasteiger charge is -2.11. The third-order valence-electron chi connectivity index (χ3n) is 5.28. The molecule has 0 aliphatic heterocycles. The van der Waals surface area contributed by atoms with Gasteiger partial charge in [-0.1, -0.05) is 29.8 Å². The summed E-state index contributed by atoms with van der Waals surface area (Å²) in [5.41, 5.74) is 1.82. The molecule has 0 spiro atoms. The second kappa shape index (κ2) is 9.04. The highest BCUT2D eigenvalue weighted by Gasteiger charge is 2.19. The van der Waals surface area contributed by atoms with Gasteiger partial charge in [-0.2, -0.15) is 4.98 Å². The van der Waals surface area contributed by atoms with Gasteiger partial charge in [-0.3, -0.25) is 18.5 Å². The van der Waals surface area contributed by atoms with E-state index in [-0.39, 0.29) is 5.82 Å². The third-order valence-corrected chi connectivity index (χ3v) is 6.29. The van der Waals surface area contributed by atoms with E-state index in [9.17, 15) is 14.0 Å². The first-order valence-corrected chi connectivity index (χ1v) is 11.2. The maximum Gasteiger partial charge on any atom is 0.332 e. The van der Waals surface area contributed by atoms with Gasteiger partial charge in [0.2, 0.25) is 5.95 Å². The Kier molecular flexibility index (Phi) is 6.18. The molecular weight excluding hydrogens is 429 g/mol. The molecule has 0 radical (unpaired) electrons. The smallest absolute Gasteiger partial charge is 0.332 e. The van der Waals surface area contributed by atoms with Crippen LogP contribution in [0.2, 0.25) is 0 Å². The van der Waals surface area contributed by atoms with E-state index >= 15 is 0 Å². The zero-order valence-corrected chi connectivity index (χ0v) is 18.9. The molecule has 2 heterocycles. The highest BCUT2D eigenvalue weighted by atomic mass is 32.2. The summed E-state index contributed by atoms with van der Waals surface area (Å²) < 4.78 is 17.5. The Labute approximate surface area is 188 Å². The predicted octanol–water partition coefficient (Wildman–Crippen LogP) is 3.13. The Bertz CT molecular complexity index is 1370. The quantitative estimate of drug-likeness (QED) is 0.344. The minimum Gasteiger partial charge on any atom is -0.355 e. The van der Waals surface area contributed by atoms with E-state index in [1.807, 2.05) is 0 Å². The van der Waals surface area contributed by atoms with Crippen molar-refractivity contribution in [3.63, 3.8) is 0 Å². The number of thioether (sulfide) groups is 1. The van der Waals surface area contributed by atoms with Crippen molar-refractivity contribution in [3.8, 4) is 0 Å². The number of aryl methyl sites for hydroxylation is 2. The van der Waals surface area contributed by atoms with Crippen LogP contribution < -0.4 is 16.6 Å². The molecule has 9 heteroatoms. The van der Waals surface area contributed by atoms with Crippen LogP contribution in [0, 0.1) is 12.7 Å². The topological polar surface area (TPSA) is 73.8 Å². The SMILES string of the molecule is Cc1ccc(SCCNc2nc3c(c(=O)n(C)c(=O)n3C)n2Cc2ccc(F)cc2)cc1. The van der Waals surface area contributed by atoms with Crippen LogP contribution in [0.15, 0.2) is 63.0 Å². The van der Waals surface area contributed by atoms with Crippen molar-refractivity contribution in [2.24, 2.45) is 14.1 Å². The maximum absolute atomic E-state index is 13.4. The molecule has 1 N–H and O–H groups in total. The Morgan fingerprint density at radius 3 is 2.38 bits per heavy atom. The molecule has 0 amide bonds. The highest BCUT2D eigenvalue weighted by molar-refractivity contribution is 7.99. The number of imidazole rings is 1. The summed E-state index contributed by atoms with van der Waals surface area (Å²) in [5, 5.41) is 3.30. The molecule has 0 aliphatic rings. The van der Waals surface area contributed by atoms with Gasteiger partial charge in [-0.25, -0.2) is 9.18 Å². The van der Waals surface area contributed by atoms with Crippen LogP contribution in [0.4, 0.5) is 10.3 Å². The molecule has 32 heavy (non-hydrogen) atoms. The van der Waals surface area contributed by atoms with E-state index in [0.29, 0.717) is 30.2 Å². The summed E-state index contributed by atoms with van der Waals surface area (Å²) in [6.45, 7) is 2.98. The van der Waals surface area contributed by atoms with E-state index in [2.05, 4.69) is 41.5 Å². The zero-order chi connectivity index (χ0) is 22.8. The molecule has 0 bridgehead atoms. The molecule has 4 aromatic rings. The third kappa shape index (κ3) is 4.34. The lowest BCUT2D eigenvalue weighted by atomic mass is 10.2. The van der Waals surface area contributed by atoms with Crippen LogP contribution in [-0.4, -0.2) is 31.0 Å². The number of fused-ring (bicyclic) bond motifs is 1. The predicted molar refractivity (Wildman–Crippen MR) is 126 cm³/mol. The van der Waals surface area contributed by atoms with E-state index in [1.54, 1.807) is 35.5 Å². The normalized spacial score (nSPS) is 11.2. The monoisotopic (exact) mass is 453 g/mol. The number of nitrogens with zero attached hydrogens (tertiary/aromatic N) is 4. The van der Waals surface area contributed by atoms with Crippen LogP contribution in [-0.2, 0) is 20.6 Å². The number of hydrogen-bond acceptors (Lipinski definition) is 5. The molecular formula is C23H24FN5O2S. The fraction of sp³-hybridized carbons (Fsp3) is 0.261. The maximum atomic E-state index is 13.4. The van der Waals surface area contributed by atoms with Crippen molar-refractivity contribution in [2.45, 2.75) is 18.4 Å². The number of halogens is 1. The molecule has 7 nitrogen and oxygen atoms in total. The van der Waals surface area contributed by atoms with Gasteiger partial charge in [-0.15, -0.1) is 11.8 Å². The van der Waals surface area contributed by atoms with Crippen molar-refractivity contribution < 1.29 is 4.39 Å². The number of nitrogens with one attached hydrogen (secondary N) is 1. The van der Waals surface area contributed by atoms with Crippen LogP contribution in [0.1, 0.15) is 11.1 Å². The van der Waals surface area contributed by atoms with Crippen molar-refractivity contribution in [1.29, 1.82) is 0 Å². The summed E-state index contributed by atoms with van der Waals surface area (Å²) >= 11 is 1.72. The number of hydrogen-bond donors (Lipinski definition) is 1. The minimum atomic E-state index is -0.435. The van der Waals surface area contributed by atoms with Gasteiger partial charge in [0.25, 0.3) is 5.56 Å². The fourth-order valence-electron chi connectivity index (χ4n) is 3.47. The van der Waals surface area contributed by atoms with Gasteiger partial charge in [0.05, 0.1) is 6.54 Å². The van der Waals surface area contributed by atoms with E-state index in [4.69, 9.17) is 0 Å². The van der Waals surface area contributed by atoms with Crippen LogP contribution in [0.25, 0.3) is 11.2 Å². The van der Waals surface area contributed by atoms with Crippen LogP contribution in [0.5, 0.6) is 0 Å². The van der Waals surface area contributed by atoms with Gasteiger partial charge in [0.1, 0.15) is 5.82 Å². The first-order valence-electron chi connectivity index (χ1n) is 10.2. The van der Waals surface area contributed by atoms with Crippen LogP contribution >= 0.6 is 11.8 Å². The second-order valence-electron chi connectivity index (χ2n) is 7.61. The minimum absolute atomic E-state index is 0.314. The van der Waals surface area contributed by atoms with Gasteiger partial charge >= 0.3 is 5.69 Å². The summed E-state index contributed by atoms with van der Waals surface area (Å²) in [5.74, 6) is 0.959. The Morgan fingerprint density at radius 1 is 1.00 bits per heavy atom. The van der Waals surface area contributed by atoms with Crippen molar-refractivity contribution in [3.05, 3.63) is 86.3 Å². The molecule has 0 aliphatic carbocycles. The Morgan fingerprint density at radius 2 is 1.69 bits per heavy atom. The molecule has 4 rings (SSSR count). The first kappa shape index (κ1) is 21.9. The number of benzene rings is 2. The van der Waals surface area contributed by atoms with Gasteiger partial charge < -0.3 is 5.32 Å². The molecule has 0 unspecified atom stereocenters. The number of anilines is 1. The van der Waals surface area contributed by atoms with Gasteiger partial charge in [-0.05, 0) is 36.8 Å². The standard InChI is InChI=1S/C23H24FN5O2S/c1-15-4-10-18(11-5-15)32-13-12-25-22-26-20-19(21(30)28(3)23(31)27(20)2)29(22)14-16-6-8-17(24)9-7-16/h4-11H,12-14H2,1-3H3,(H,25,26). The Hall–Kier alpha value is -3.33. The highest BCUT2D eigenvalue weighted by Crippen LogP contribution is 2.20. The molecule has 166 valence electrons. The van der Waals surface area contributed by atoms with E-state index in [0.717, 1.165) is 15.9 Å². The van der Waals surface area contributed by atoms with Gasteiger partial charge in [0, 0.05) is 31.3 Å². The summed E-state index contributed by atoms with van der Waals surface area (Å²) in [6, 6.07) is 14.4. The summed E-state index contributed by atoms with van der Waals surface area (Å²) in [6.07, 6.45) is 0. The van der Waals surface area contributed by atoms with E-state index in [1.165, 1.54) is 34.2 Å². The number of rotatable bonds is 7. The Balaban J connectivity index is 1.65. The molecule has 0 atom stereocenters. The molecule has 0 saturated carbocycles. The van der Waals surface area contributed by atoms with E-state index < -0.39 is 11.2 Å². The molecule has 0 saturated heterocycles. The van der Waals surface area contributed by atoms with Crippen molar-refractivity contribution in [1.82, 2.24) is 18.7 Å². The van der Waals surface area contributed by atoms with Crippen molar-refractivity contribution in [2.75, 3.05) is 17.6 Å². The average molecular weight is 454 g/mol. The molecule has 2 aromatic heterocycles. The zero-order valence-electron chi connectivity index (χ0n) is 18.1. The lowest BCUT2D eigenvalue weighted by Crippen LogP contribution is -2.37. The van der Waals surface area contributed by atoms with Gasteiger partial charge in [0.15, 0.2) is 11.2 Å². The summed E-state index contributed by atoms with van der Waals surface area (Å²) in [7, 11) is 3.04. The van der Waals surface area contributed by atoms with Crippen LogP contribution in [0.3, 0.4) is 0 Å². The molecule has 2 aromatic carbocycles. The lowest BCUT2D eigenvalue weighted by molar-refractivity contribution is 0.626. The molecule has 0 fully saturated rings. The summed E-state index contributed by atoms with van der Waals surface area (Å²) in [4.78, 5) is 31.0. The average Bonchev–Trinajstić information content (AvgIpc) is 3.15. The number of aromatic nitrogens is 4.